The zero-order valence-corrected chi connectivity index (χ0v) is 22.8. The molecule has 1 rings (SSSR count). The summed E-state index contributed by atoms with van der Waals surface area (Å²) in [5.74, 6) is 1.23. The number of thioether (sulfide) groups is 4. The second-order valence-corrected chi connectivity index (χ2v) is 14.3. The van der Waals surface area contributed by atoms with Gasteiger partial charge in [-0.2, -0.15) is 16.8 Å². The van der Waals surface area contributed by atoms with Crippen molar-refractivity contribution in [1.82, 2.24) is 0 Å². The van der Waals surface area contributed by atoms with E-state index in [9.17, 15) is 27.0 Å². The van der Waals surface area contributed by atoms with Gasteiger partial charge in [0, 0.05) is 0 Å². The van der Waals surface area contributed by atoms with E-state index in [1.807, 2.05) is 13.8 Å². The molecule has 0 radical (unpaired) electrons. The third kappa shape index (κ3) is 11.0. The molecule has 14 heteroatoms. The largest absolute Gasteiger partial charge is 0.506 e. The number of phenolic OH excluding ortho intramolecular Hbond substituents is 2. The van der Waals surface area contributed by atoms with Crippen LogP contribution in [0, 0.1) is 0 Å². The predicted octanol–water partition coefficient (Wildman–Crippen LogP) is 4.84. The molecule has 0 atom stereocenters. The molecule has 186 valence electrons. The molecule has 0 heterocycles. The Balaban J connectivity index is 3.29. The molecule has 0 unspecified atom stereocenters. The second kappa shape index (κ2) is 14.4. The Labute approximate surface area is 207 Å². The smallest absolute Gasteiger partial charge is 0.264 e. The van der Waals surface area contributed by atoms with Crippen LogP contribution in [0.5, 0.6) is 11.5 Å². The lowest BCUT2D eigenvalue weighted by Crippen LogP contribution is -2.05. The van der Waals surface area contributed by atoms with Gasteiger partial charge in [-0.3, -0.25) is 9.11 Å². The molecule has 4 N–H and O–H groups in total. The summed E-state index contributed by atoms with van der Waals surface area (Å²) >= 11 is 5.22. The van der Waals surface area contributed by atoms with E-state index < -0.39 is 31.7 Å². The lowest BCUT2D eigenvalue weighted by atomic mass is 10.3. The van der Waals surface area contributed by atoms with Crippen molar-refractivity contribution in [3.8, 4) is 11.5 Å². The molecule has 0 aliphatic carbocycles. The fourth-order valence-corrected chi connectivity index (χ4v) is 8.30. The summed E-state index contributed by atoms with van der Waals surface area (Å²) in [4.78, 5) is 1.94. The standard InChI is InChI=1S/C18H30O8S6/c1-3-7-27-15-13(19)17(29-9-5-11-31(21,22)23)18(14(20)16(15)28-8-4-2)30-10-6-12-32(24,25)26/h19-20H,3-12H2,1-2H3,(H,21,22,23)(H,24,25,26). The number of benzene rings is 1. The third-order valence-electron chi connectivity index (χ3n) is 3.76. The molecule has 0 saturated carbocycles. The maximum absolute atomic E-state index is 11.1. The Morgan fingerprint density at radius 3 is 1.12 bits per heavy atom. The minimum Gasteiger partial charge on any atom is -0.506 e. The fourth-order valence-electron chi connectivity index (χ4n) is 2.41. The van der Waals surface area contributed by atoms with E-state index in [1.54, 1.807) is 0 Å². The van der Waals surface area contributed by atoms with E-state index in [0.29, 0.717) is 19.6 Å². The molecule has 0 aliphatic rings. The molecule has 0 fully saturated rings. The Morgan fingerprint density at radius 1 is 0.594 bits per heavy atom. The topological polar surface area (TPSA) is 149 Å². The van der Waals surface area contributed by atoms with Gasteiger partial charge in [0.1, 0.15) is 11.5 Å². The van der Waals surface area contributed by atoms with Gasteiger partial charge >= 0.3 is 0 Å². The highest BCUT2D eigenvalue weighted by atomic mass is 32.2. The molecular weight excluding hydrogens is 537 g/mol. The second-order valence-electron chi connectivity index (χ2n) is 6.69. The summed E-state index contributed by atoms with van der Waals surface area (Å²) in [5.41, 5.74) is 0. The van der Waals surface area contributed by atoms with Crippen LogP contribution in [0.1, 0.15) is 39.5 Å². The van der Waals surface area contributed by atoms with Crippen LogP contribution in [-0.4, -0.2) is 70.7 Å². The fraction of sp³-hybridized carbons (Fsp3) is 0.667. The van der Waals surface area contributed by atoms with E-state index in [1.165, 1.54) is 47.0 Å². The molecule has 32 heavy (non-hydrogen) atoms. The Morgan fingerprint density at radius 2 is 0.875 bits per heavy atom. The first kappa shape index (κ1) is 30.1. The van der Waals surface area contributed by atoms with Gasteiger partial charge in [0.2, 0.25) is 0 Å². The van der Waals surface area contributed by atoms with E-state index >= 15 is 0 Å². The van der Waals surface area contributed by atoms with Gasteiger partial charge in [0.25, 0.3) is 20.2 Å². The quantitative estimate of drug-likeness (QED) is 0.0938. The monoisotopic (exact) mass is 566 g/mol. The lowest BCUT2D eigenvalue weighted by molar-refractivity contribution is 0.410. The summed E-state index contributed by atoms with van der Waals surface area (Å²) < 4.78 is 61.8. The first-order valence-electron chi connectivity index (χ1n) is 9.94. The van der Waals surface area contributed by atoms with Gasteiger partial charge in [0.05, 0.1) is 31.1 Å². The Kier molecular flexibility index (Phi) is 13.6. The van der Waals surface area contributed by atoms with E-state index in [0.717, 1.165) is 24.3 Å². The van der Waals surface area contributed by atoms with Crippen LogP contribution in [0.4, 0.5) is 0 Å². The Hall–Kier alpha value is 0.0400. The lowest BCUT2D eigenvalue weighted by Gasteiger charge is -2.20. The molecule has 0 spiro atoms. The number of phenols is 2. The van der Waals surface area contributed by atoms with Gasteiger partial charge in [-0.05, 0) is 48.7 Å². The van der Waals surface area contributed by atoms with E-state index in [2.05, 4.69) is 0 Å². The van der Waals surface area contributed by atoms with Gasteiger partial charge < -0.3 is 10.2 Å². The van der Waals surface area contributed by atoms with E-state index in [-0.39, 0.29) is 35.8 Å². The summed E-state index contributed by atoms with van der Waals surface area (Å²) in [7, 11) is -8.19. The van der Waals surface area contributed by atoms with Crippen LogP contribution >= 0.6 is 47.0 Å². The predicted molar refractivity (Wildman–Crippen MR) is 135 cm³/mol. The van der Waals surface area contributed by atoms with Gasteiger partial charge in [-0.15, -0.1) is 47.0 Å². The normalized spacial score (nSPS) is 12.4. The first-order valence-corrected chi connectivity index (χ1v) is 17.1. The summed E-state index contributed by atoms with van der Waals surface area (Å²) in [6.07, 6.45) is 2.04. The van der Waals surface area contributed by atoms with Crippen LogP contribution in [0.3, 0.4) is 0 Å². The highest BCUT2D eigenvalue weighted by Crippen LogP contribution is 2.54. The van der Waals surface area contributed by atoms with Crippen LogP contribution in [0.15, 0.2) is 19.6 Å². The number of aromatic hydroxyl groups is 2. The molecular formula is C18H30O8S6. The SMILES string of the molecule is CCCSc1c(O)c(SCCCS(=O)(=O)O)c(SCCCS(=O)(=O)O)c(O)c1SCCC. The average molecular weight is 567 g/mol. The van der Waals surface area contributed by atoms with Gasteiger partial charge in [-0.1, -0.05) is 13.8 Å². The van der Waals surface area contributed by atoms with Crippen molar-refractivity contribution in [2.24, 2.45) is 0 Å². The van der Waals surface area contributed by atoms with Crippen LogP contribution in [0.25, 0.3) is 0 Å². The Bertz CT molecular complexity index is 870. The van der Waals surface area contributed by atoms with Crippen molar-refractivity contribution in [3.05, 3.63) is 0 Å². The number of rotatable bonds is 16. The zero-order valence-electron chi connectivity index (χ0n) is 17.9. The minimum absolute atomic E-state index is 0.00832. The van der Waals surface area contributed by atoms with Crippen LogP contribution < -0.4 is 0 Å². The van der Waals surface area contributed by atoms with Crippen molar-refractivity contribution in [2.45, 2.75) is 59.1 Å². The molecule has 0 bridgehead atoms. The summed E-state index contributed by atoms with van der Waals surface area (Å²) in [6.45, 7) is 4.01. The van der Waals surface area contributed by atoms with Crippen molar-refractivity contribution >= 4 is 67.3 Å². The maximum Gasteiger partial charge on any atom is 0.264 e. The van der Waals surface area contributed by atoms with Crippen LogP contribution in [-0.2, 0) is 20.2 Å². The molecule has 1 aromatic carbocycles. The number of hydrogen-bond donors (Lipinski definition) is 4. The molecule has 1 aromatic rings. The molecule has 0 aromatic heterocycles. The zero-order chi connectivity index (χ0) is 24.4. The first-order chi connectivity index (χ1) is 14.9. The van der Waals surface area contributed by atoms with Crippen molar-refractivity contribution in [1.29, 1.82) is 0 Å². The molecule has 0 amide bonds. The van der Waals surface area contributed by atoms with Gasteiger partial charge in [-0.25, -0.2) is 0 Å². The molecule has 8 nitrogen and oxygen atoms in total. The average Bonchev–Trinajstić information content (AvgIpc) is 2.68. The maximum atomic E-state index is 11.1. The van der Waals surface area contributed by atoms with Crippen LogP contribution in [0.2, 0.25) is 0 Å². The molecule has 0 aliphatic heterocycles. The van der Waals surface area contributed by atoms with E-state index in [4.69, 9.17) is 9.11 Å². The summed E-state index contributed by atoms with van der Waals surface area (Å²) in [5, 5.41) is 22.1. The molecule has 0 saturated heterocycles. The van der Waals surface area contributed by atoms with Crippen molar-refractivity contribution in [3.63, 3.8) is 0 Å². The van der Waals surface area contributed by atoms with Crippen molar-refractivity contribution in [2.75, 3.05) is 34.5 Å². The number of hydrogen-bond acceptors (Lipinski definition) is 10. The van der Waals surface area contributed by atoms with Crippen molar-refractivity contribution < 1.29 is 36.2 Å². The third-order valence-corrected chi connectivity index (χ3v) is 10.6. The van der Waals surface area contributed by atoms with Gasteiger partial charge in [0.15, 0.2) is 0 Å². The highest BCUT2D eigenvalue weighted by molar-refractivity contribution is 8.03. The highest BCUT2D eigenvalue weighted by Gasteiger charge is 2.25. The minimum atomic E-state index is -4.09. The summed E-state index contributed by atoms with van der Waals surface area (Å²) in [6, 6.07) is 0.